The molecule has 0 atom stereocenters. The van der Waals surface area contributed by atoms with Crippen LogP contribution in [-0.4, -0.2) is 24.4 Å². The van der Waals surface area contributed by atoms with Gasteiger partial charge >= 0.3 is 11.9 Å². The average molecular weight is 476 g/mol. The van der Waals surface area contributed by atoms with Crippen LogP contribution in [0.2, 0.25) is 5.02 Å². The van der Waals surface area contributed by atoms with E-state index in [-0.39, 0.29) is 11.6 Å². The van der Waals surface area contributed by atoms with Gasteiger partial charge in [-0.1, -0.05) is 37.1 Å². The maximum Gasteiger partial charge on any atom is 0.363 e. The van der Waals surface area contributed by atoms with Crippen molar-refractivity contribution in [3.8, 4) is 11.5 Å². The lowest BCUT2D eigenvalue weighted by atomic mass is 10.2. The third kappa shape index (κ3) is 5.91. The number of benzene rings is 3. The number of halogens is 1. The van der Waals surface area contributed by atoms with Crippen LogP contribution >= 0.6 is 11.6 Å². The molecule has 1 aliphatic rings. The van der Waals surface area contributed by atoms with Crippen LogP contribution in [0.25, 0.3) is 6.08 Å². The molecule has 172 valence electrons. The maximum atomic E-state index is 12.3. The molecule has 0 unspecified atom stereocenters. The number of esters is 2. The first-order valence-corrected chi connectivity index (χ1v) is 11.2. The third-order valence-corrected chi connectivity index (χ3v) is 5.21. The first-order valence-electron chi connectivity index (χ1n) is 10.9. The van der Waals surface area contributed by atoms with Gasteiger partial charge in [-0.25, -0.2) is 14.6 Å². The van der Waals surface area contributed by atoms with Crippen LogP contribution in [0.15, 0.2) is 83.5 Å². The van der Waals surface area contributed by atoms with Gasteiger partial charge in [0, 0.05) is 10.6 Å². The molecule has 0 fully saturated rings. The average Bonchev–Trinajstić information content (AvgIpc) is 3.21. The molecule has 6 nitrogen and oxygen atoms in total. The lowest BCUT2D eigenvalue weighted by Crippen LogP contribution is -2.08. The second-order valence-corrected chi connectivity index (χ2v) is 7.96. The van der Waals surface area contributed by atoms with E-state index < -0.39 is 11.9 Å². The summed E-state index contributed by atoms with van der Waals surface area (Å²) in [6, 6.07) is 20.4. The van der Waals surface area contributed by atoms with Gasteiger partial charge in [-0.3, -0.25) is 0 Å². The minimum Gasteiger partial charge on any atom is -0.494 e. The maximum absolute atomic E-state index is 12.3. The van der Waals surface area contributed by atoms with Gasteiger partial charge in [0.2, 0.25) is 5.90 Å². The van der Waals surface area contributed by atoms with E-state index in [1.807, 2.05) is 12.1 Å². The molecule has 0 bridgehead atoms. The van der Waals surface area contributed by atoms with E-state index in [0.717, 1.165) is 18.6 Å². The first-order chi connectivity index (χ1) is 16.5. The molecule has 1 heterocycles. The van der Waals surface area contributed by atoms with E-state index in [1.165, 1.54) is 0 Å². The summed E-state index contributed by atoms with van der Waals surface area (Å²) in [6.07, 6.45) is 3.67. The fraction of sp³-hybridized carbons (Fsp3) is 0.148. The normalized spacial score (nSPS) is 14.0. The molecule has 4 rings (SSSR count). The number of carbonyl (C=O) groups excluding carboxylic acids is 2. The summed E-state index contributed by atoms with van der Waals surface area (Å²) in [6.45, 7) is 2.77. The number of unbranched alkanes of at least 4 members (excludes halogenated alkanes) is 1. The zero-order chi connectivity index (χ0) is 23.9. The number of aliphatic imine (C=N–C) groups is 1. The van der Waals surface area contributed by atoms with E-state index in [4.69, 9.17) is 25.8 Å². The van der Waals surface area contributed by atoms with Gasteiger partial charge in [-0.2, -0.15) is 0 Å². The van der Waals surface area contributed by atoms with Crippen molar-refractivity contribution in [3.05, 3.63) is 100 Å². The molecule has 0 saturated heterocycles. The number of carbonyl (C=O) groups is 2. The highest BCUT2D eigenvalue weighted by Gasteiger charge is 2.24. The molecule has 0 aliphatic carbocycles. The summed E-state index contributed by atoms with van der Waals surface area (Å²) in [7, 11) is 0. The van der Waals surface area contributed by atoms with Gasteiger partial charge < -0.3 is 14.2 Å². The van der Waals surface area contributed by atoms with Crippen molar-refractivity contribution in [2.45, 2.75) is 19.8 Å². The molecule has 34 heavy (non-hydrogen) atoms. The number of nitrogens with zero attached hydrogens (tertiary/aromatic N) is 1. The van der Waals surface area contributed by atoms with Crippen molar-refractivity contribution in [1.29, 1.82) is 0 Å². The van der Waals surface area contributed by atoms with Crippen molar-refractivity contribution in [2.75, 3.05) is 6.61 Å². The predicted octanol–water partition coefficient (Wildman–Crippen LogP) is 6.08. The number of hydrogen-bond donors (Lipinski definition) is 0. The second-order valence-electron chi connectivity index (χ2n) is 7.53. The fourth-order valence-electron chi connectivity index (χ4n) is 3.10. The Balaban J connectivity index is 1.41. The molecule has 0 N–H and O–H groups in total. The molecule has 0 spiro atoms. The highest BCUT2D eigenvalue weighted by Crippen LogP contribution is 2.22. The molecule has 0 saturated carbocycles. The van der Waals surface area contributed by atoms with Gasteiger partial charge in [0.05, 0.1) is 12.2 Å². The largest absolute Gasteiger partial charge is 0.494 e. The molecular weight excluding hydrogens is 454 g/mol. The molecule has 0 amide bonds. The van der Waals surface area contributed by atoms with Crippen molar-refractivity contribution in [2.24, 2.45) is 4.99 Å². The Morgan fingerprint density at radius 3 is 2.32 bits per heavy atom. The highest BCUT2D eigenvalue weighted by molar-refractivity contribution is 6.30. The molecule has 3 aromatic carbocycles. The summed E-state index contributed by atoms with van der Waals surface area (Å²) >= 11 is 5.84. The lowest BCUT2D eigenvalue weighted by Gasteiger charge is -2.05. The molecule has 7 heteroatoms. The summed E-state index contributed by atoms with van der Waals surface area (Å²) in [5, 5.41) is 0.540. The zero-order valence-electron chi connectivity index (χ0n) is 18.5. The zero-order valence-corrected chi connectivity index (χ0v) is 19.2. The Labute approximate surface area is 202 Å². The topological polar surface area (TPSA) is 74.2 Å². The standard InChI is InChI=1S/C27H22ClNO5/c1-2-3-16-32-22-14-8-19(9-15-22)25-29-24(27(31)34-25)17-18-4-12-23(13-5-18)33-26(30)20-6-10-21(28)11-7-20/h4-15,17H,2-3,16H2,1H3/b24-17-. The summed E-state index contributed by atoms with van der Waals surface area (Å²) in [5.41, 5.74) is 1.97. The van der Waals surface area contributed by atoms with E-state index in [0.29, 0.717) is 34.1 Å². The minimum absolute atomic E-state index is 0.184. The summed E-state index contributed by atoms with van der Waals surface area (Å²) in [5.74, 6) is 0.357. The van der Waals surface area contributed by atoms with Crippen molar-refractivity contribution < 1.29 is 23.8 Å². The van der Waals surface area contributed by atoms with E-state index in [2.05, 4.69) is 11.9 Å². The Hall–Kier alpha value is -3.90. The Morgan fingerprint density at radius 1 is 0.971 bits per heavy atom. The van der Waals surface area contributed by atoms with Crippen LogP contribution in [0.4, 0.5) is 0 Å². The van der Waals surface area contributed by atoms with Crippen molar-refractivity contribution in [3.63, 3.8) is 0 Å². The predicted molar refractivity (Wildman–Crippen MR) is 130 cm³/mol. The van der Waals surface area contributed by atoms with Crippen LogP contribution in [0.3, 0.4) is 0 Å². The second kappa shape index (κ2) is 10.8. The number of hydrogen-bond acceptors (Lipinski definition) is 6. The number of ether oxygens (including phenoxy) is 3. The minimum atomic E-state index is -0.531. The fourth-order valence-corrected chi connectivity index (χ4v) is 3.23. The van der Waals surface area contributed by atoms with Crippen LogP contribution in [0.5, 0.6) is 11.5 Å². The summed E-state index contributed by atoms with van der Waals surface area (Å²) < 4.78 is 16.4. The van der Waals surface area contributed by atoms with Gasteiger partial charge in [-0.15, -0.1) is 0 Å². The van der Waals surface area contributed by atoms with Crippen molar-refractivity contribution >= 4 is 35.5 Å². The molecular formula is C27H22ClNO5. The Bertz CT molecular complexity index is 1230. The quantitative estimate of drug-likeness (QED) is 0.171. The molecule has 3 aromatic rings. The van der Waals surface area contributed by atoms with Crippen LogP contribution < -0.4 is 9.47 Å². The monoisotopic (exact) mass is 475 g/mol. The van der Waals surface area contributed by atoms with Crippen LogP contribution in [-0.2, 0) is 9.53 Å². The molecule has 0 radical (unpaired) electrons. The lowest BCUT2D eigenvalue weighted by molar-refractivity contribution is -0.129. The number of rotatable bonds is 8. The van der Waals surface area contributed by atoms with Crippen molar-refractivity contribution in [1.82, 2.24) is 0 Å². The Kier molecular flexibility index (Phi) is 7.40. The Morgan fingerprint density at radius 2 is 1.65 bits per heavy atom. The van der Waals surface area contributed by atoms with Gasteiger partial charge in [0.15, 0.2) is 5.70 Å². The van der Waals surface area contributed by atoms with E-state index in [9.17, 15) is 9.59 Å². The van der Waals surface area contributed by atoms with Gasteiger partial charge in [0.1, 0.15) is 11.5 Å². The highest BCUT2D eigenvalue weighted by atomic mass is 35.5. The van der Waals surface area contributed by atoms with E-state index >= 15 is 0 Å². The van der Waals surface area contributed by atoms with E-state index in [1.54, 1.807) is 66.7 Å². The van der Waals surface area contributed by atoms with Gasteiger partial charge in [0.25, 0.3) is 0 Å². The molecule has 1 aliphatic heterocycles. The summed E-state index contributed by atoms with van der Waals surface area (Å²) in [4.78, 5) is 28.8. The third-order valence-electron chi connectivity index (χ3n) is 4.96. The SMILES string of the molecule is CCCCOc1ccc(C2=N/C(=C\c3ccc(OC(=O)c4ccc(Cl)cc4)cc3)C(=O)O2)cc1. The first kappa shape index (κ1) is 23.3. The van der Waals surface area contributed by atoms with Gasteiger partial charge in [-0.05, 0) is 78.7 Å². The van der Waals surface area contributed by atoms with Crippen LogP contribution in [0.1, 0.15) is 41.3 Å². The number of cyclic esters (lactones) is 1. The molecule has 0 aromatic heterocycles. The van der Waals surface area contributed by atoms with Crippen LogP contribution in [0, 0.1) is 0 Å². The smallest absolute Gasteiger partial charge is 0.363 e.